The van der Waals surface area contributed by atoms with Crippen LogP contribution in [-0.4, -0.2) is 72.9 Å². The van der Waals surface area contributed by atoms with Gasteiger partial charge in [0.25, 0.3) is 0 Å². The molecular weight excluding hydrogens is 304 g/mol. The average Bonchev–Trinajstić information content (AvgIpc) is 3.04. The zero-order valence-corrected chi connectivity index (χ0v) is 14.5. The molecular formula is C19H28N2O3. The molecule has 132 valence electrons. The number of amides is 1. The molecule has 0 aromatic heterocycles. The fourth-order valence-electron chi connectivity index (χ4n) is 3.79. The van der Waals surface area contributed by atoms with E-state index in [4.69, 9.17) is 4.74 Å². The molecule has 0 saturated carbocycles. The fraction of sp³-hybridized carbons (Fsp3) is 0.632. The van der Waals surface area contributed by atoms with E-state index in [0.717, 1.165) is 39.0 Å². The van der Waals surface area contributed by atoms with E-state index < -0.39 is 6.10 Å². The molecule has 1 fully saturated rings. The largest absolute Gasteiger partial charge is 0.389 e. The first-order valence-corrected chi connectivity index (χ1v) is 9.03. The van der Waals surface area contributed by atoms with Crippen LogP contribution in [0.25, 0.3) is 0 Å². The molecule has 1 aliphatic carbocycles. The summed E-state index contributed by atoms with van der Waals surface area (Å²) in [5.41, 5.74) is 2.55. The number of hydrogen-bond acceptors (Lipinski definition) is 4. The van der Waals surface area contributed by atoms with Gasteiger partial charge in [0, 0.05) is 39.3 Å². The summed E-state index contributed by atoms with van der Waals surface area (Å²) < 4.78 is 5.26. The lowest BCUT2D eigenvalue weighted by atomic mass is 9.99. The number of fused-ring (bicyclic) bond motifs is 1. The van der Waals surface area contributed by atoms with Gasteiger partial charge < -0.3 is 14.7 Å². The lowest BCUT2D eigenvalue weighted by Gasteiger charge is -2.36. The van der Waals surface area contributed by atoms with Crippen molar-refractivity contribution < 1.29 is 14.6 Å². The third-order valence-corrected chi connectivity index (χ3v) is 5.10. The Morgan fingerprint density at radius 3 is 2.79 bits per heavy atom. The monoisotopic (exact) mass is 332 g/mol. The van der Waals surface area contributed by atoms with Crippen molar-refractivity contribution in [1.82, 2.24) is 9.80 Å². The molecule has 2 atom stereocenters. The highest BCUT2D eigenvalue weighted by Gasteiger charge is 2.33. The van der Waals surface area contributed by atoms with E-state index in [1.54, 1.807) is 0 Å². The second kappa shape index (κ2) is 8.10. The number of rotatable bonds is 6. The second-order valence-electron chi connectivity index (χ2n) is 6.73. The lowest BCUT2D eigenvalue weighted by molar-refractivity contribution is -0.134. The van der Waals surface area contributed by atoms with E-state index in [9.17, 15) is 9.90 Å². The summed E-state index contributed by atoms with van der Waals surface area (Å²) in [6.45, 7) is 6.70. The quantitative estimate of drug-likeness (QED) is 0.852. The molecule has 24 heavy (non-hydrogen) atoms. The minimum Gasteiger partial charge on any atom is -0.389 e. The number of β-amino-alcohol motifs (C(OH)–C–C–N with tert-alkyl or cyclic N) is 1. The van der Waals surface area contributed by atoms with Gasteiger partial charge in [-0.3, -0.25) is 9.69 Å². The molecule has 0 radical (unpaired) electrons. The number of piperazine rings is 1. The molecule has 0 spiro atoms. The van der Waals surface area contributed by atoms with Crippen LogP contribution in [0.15, 0.2) is 24.3 Å². The number of aliphatic hydroxyl groups is 1. The van der Waals surface area contributed by atoms with Crippen LogP contribution in [0.4, 0.5) is 0 Å². The molecule has 5 heteroatoms. The van der Waals surface area contributed by atoms with Gasteiger partial charge in [-0.25, -0.2) is 0 Å². The molecule has 3 rings (SSSR count). The van der Waals surface area contributed by atoms with Crippen molar-refractivity contribution in [1.29, 1.82) is 0 Å². The van der Waals surface area contributed by atoms with Crippen molar-refractivity contribution in [2.75, 3.05) is 45.9 Å². The fourth-order valence-corrected chi connectivity index (χ4v) is 3.79. The highest BCUT2D eigenvalue weighted by atomic mass is 16.5. The maximum atomic E-state index is 12.9. The first-order chi connectivity index (χ1) is 11.7. The predicted molar refractivity (Wildman–Crippen MR) is 93.0 cm³/mol. The summed E-state index contributed by atoms with van der Waals surface area (Å²) in [5.74, 6) is 0.311. The summed E-state index contributed by atoms with van der Waals surface area (Å²) in [7, 11) is 0. The third kappa shape index (κ3) is 3.97. The number of benzene rings is 1. The summed E-state index contributed by atoms with van der Waals surface area (Å²) in [5, 5.41) is 9.94. The van der Waals surface area contributed by atoms with Crippen molar-refractivity contribution in [2.45, 2.75) is 31.8 Å². The number of nitrogens with zero attached hydrogens (tertiary/aromatic N) is 2. The van der Waals surface area contributed by atoms with Crippen LogP contribution < -0.4 is 0 Å². The van der Waals surface area contributed by atoms with Crippen LogP contribution in [0.2, 0.25) is 0 Å². The normalized spacial score (nSPS) is 22.4. The Labute approximate surface area is 144 Å². The number of carbonyl (C=O) groups excluding carboxylic acids is 1. The molecule has 1 amide bonds. The molecule has 1 aromatic rings. The van der Waals surface area contributed by atoms with Gasteiger partial charge in [-0.2, -0.15) is 0 Å². The highest BCUT2D eigenvalue weighted by molar-refractivity contribution is 5.85. The van der Waals surface area contributed by atoms with Gasteiger partial charge in [0.2, 0.25) is 5.91 Å². The molecule has 1 saturated heterocycles. The van der Waals surface area contributed by atoms with Crippen molar-refractivity contribution >= 4 is 5.91 Å². The second-order valence-corrected chi connectivity index (χ2v) is 6.73. The van der Waals surface area contributed by atoms with Gasteiger partial charge in [-0.05, 0) is 30.9 Å². The number of aryl methyl sites for hydroxylation is 1. The van der Waals surface area contributed by atoms with Crippen LogP contribution in [0.3, 0.4) is 0 Å². The molecule has 2 aliphatic rings. The van der Waals surface area contributed by atoms with Crippen LogP contribution in [-0.2, 0) is 16.0 Å². The number of carbonyl (C=O) groups is 1. The first-order valence-electron chi connectivity index (χ1n) is 9.03. The molecule has 1 N–H and O–H groups in total. The Morgan fingerprint density at radius 1 is 1.29 bits per heavy atom. The van der Waals surface area contributed by atoms with Crippen LogP contribution in [0, 0.1) is 0 Å². The Balaban J connectivity index is 1.49. The topological polar surface area (TPSA) is 53.0 Å². The smallest absolute Gasteiger partial charge is 0.230 e. The molecule has 0 bridgehead atoms. The molecule has 1 aliphatic heterocycles. The maximum absolute atomic E-state index is 12.9. The minimum atomic E-state index is -0.450. The van der Waals surface area contributed by atoms with E-state index in [-0.39, 0.29) is 11.8 Å². The molecule has 0 unspecified atom stereocenters. The van der Waals surface area contributed by atoms with E-state index in [1.165, 1.54) is 11.1 Å². The number of aliphatic hydroxyl groups excluding tert-OH is 1. The van der Waals surface area contributed by atoms with Crippen LogP contribution in [0.1, 0.15) is 30.4 Å². The average molecular weight is 332 g/mol. The van der Waals surface area contributed by atoms with Gasteiger partial charge in [-0.1, -0.05) is 24.3 Å². The Morgan fingerprint density at radius 2 is 2.04 bits per heavy atom. The maximum Gasteiger partial charge on any atom is 0.230 e. The zero-order valence-electron chi connectivity index (χ0n) is 14.5. The van der Waals surface area contributed by atoms with Crippen LogP contribution >= 0.6 is 0 Å². The molecule has 5 nitrogen and oxygen atoms in total. The Kier molecular flexibility index (Phi) is 5.87. The summed E-state index contributed by atoms with van der Waals surface area (Å²) in [6, 6.07) is 8.33. The van der Waals surface area contributed by atoms with E-state index in [0.29, 0.717) is 19.8 Å². The number of ether oxygens (including phenoxy) is 1. The summed E-state index contributed by atoms with van der Waals surface area (Å²) >= 11 is 0. The Hall–Kier alpha value is -1.43. The van der Waals surface area contributed by atoms with E-state index in [2.05, 4.69) is 23.1 Å². The SMILES string of the molecule is CCOC[C@@H](O)CN1CCN(C(=O)[C@H]2CCc3ccccc32)CC1. The van der Waals surface area contributed by atoms with Gasteiger partial charge in [0.05, 0.1) is 18.6 Å². The highest BCUT2D eigenvalue weighted by Crippen LogP contribution is 2.34. The van der Waals surface area contributed by atoms with E-state index >= 15 is 0 Å². The van der Waals surface area contributed by atoms with Crippen molar-refractivity contribution in [3.05, 3.63) is 35.4 Å². The predicted octanol–water partition coefficient (Wildman–Crippen LogP) is 1.26. The van der Waals surface area contributed by atoms with E-state index in [1.807, 2.05) is 17.9 Å². The summed E-state index contributed by atoms with van der Waals surface area (Å²) in [4.78, 5) is 17.1. The van der Waals surface area contributed by atoms with Gasteiger partial charge in [0.1, 0.15) is 0 Å². The molecule has 1 aromatic carbocycles. The van der Waals surface area contributed by atoms with Gasteiger partial charge in [-0.15, -0.1) is 0 Å². The zero-order chi connectivity index (χ0) is 16.9. The van der Waals surface area contributed by atoms with Crippen molar-refractivity contribution in [2.24, 2.45) is 0 Å². The van der Waals surface area contributed by atoms with Crippen LogP contribution in [0.5, 0.6) is 0 Å². The lowest BCUT2D eigenvalue weighted by Crippen LogP contribution is -2.51. The van der Waals surface area contributed by atoms with Gasteiger partial charge >= 0.3 is 0 Å². The number of hydrogen-bond donors (Lipinski definition) is 1. The Bertz CT molecular complexity index is 555. The first kappa shape index (κ1) is 17.4. The molecule has 1 heterocycles. The summed E-state index contributed by atoms with van der Waals surface area (Å²) in [6.07, 6.45) is 1.50. The van der Waals surface area contributed by atoms with Crippen molar-refractivity contribution in [3.63, 3.8) is 0 Å². The van der Waals surface area contributed by atoms with Gasteiger partial charge in [0.15, 0.2) is 0 Å². The van der Waals surface area contributed by atoms with Crippen molar-refractivity contribution in [3.8, 4) is 0 Å². The third-order valence-electron chi connectivity index (χ3n) is 5.10. The standard InChI is InChI=1S/C19H28N2O3/c1-2-24-14-16(22)13-20-9-11-21(12-10-20)19(23)18-8-7-15-5-3-4-6-17(15)18/h3-6,16,18,22H,2,7-14H2,1H3/t16-,18-/m0/s1. The minimum absolute atomic E-state index is 0.0382.